The molecule has 2 aromatic heterocycles. The normalized spacial score (nSPS) is 9.81. The van der Waals surface area contributed by atoms with Gasteiger partial charge in [0.15, 0.2) is 0 Å². The maximum absolute atomic E-state index is 11.8. The lowest BCUT2D eigenvalue weighted by Crippen LogP contribution is -2.17. The molecule has 0 saturated heterocycles. The Morgan fingerprint density at radius 1 is 1.50 bits per heavy atom. The predicted molar refractivity (Wildman–Crippen MR) is 57.7 cm³/mol. The van der Waals surface area contributed by atoms with Crippen molar-refractivity contribution in [3.05, 3.63) is 24.0 Å². The molecule has 82 valence electrons. The SMILES string of the molecule is NNc1ccncc1C(=O)Nc1nnns1. The number of rotatable bonds is 3. The molecule has 0 aliphatic heterocycles. The molecule has 0 spiro atoms. The Bertz CT molecular complexity index is 485. The Morgan fingerprint density at radius 2 is 2.38 bits per heavy atom. The molecule has 8 nitrogen and oxygen atoms in total. The van der Waals surface area contributed by atoms with Crippen molar-refractivity contribution in [2.45, 2.75) is 0 Å². The number of nitrogens with zero attached hydrogens (tertiary/aromatic N) is 4. The van der Waals surface area contributed by atoms with E-state index in [1.807, 2.05) is 0 Å². The van der Waals surface area contributed by atoms with E-state index in [2.05, 4.69) is 30.5 Å². The van der Waals surface area contributed by atoms with E-state index in [0.29, 0.717) is 16.4 Å². The van der Waals surface area contributed by atoms with Crippen LogP contribution in [0.25, 0.3) is 0 Å². The van der Waals surface area contributed by atoms with Gasteiger partial charge >= 0.3 is 0 Å². The van der Waals surface area contributed by atoms with Crippen molar-refractivity contribution < 1.29 is 4.79 Å². The molecular weight excluding hydrogens is 230 g/mol. The number of carbonyl (C=O) groups is 1. The van der Waals surface area contributed by atoms with E-state index in [0.717, 1.165) is 11.5 Å². The summed E-state index contributed by atoms with van der Waals surface area (Å²) >= 11 is 0.983. The molecule has 0 unspecified atom stereocenters. The van der Waals surface area contributed by atoms with Crippen LogP contribution in [0.3, 0.4) is 0 Å². The summed E-state index contributed by atoms with van der Waals surface area (Å²) in [5.74, 6) is 4.89. The minimum absolute atomic E-state index is 0.317. The number of hydrazine groups is 1. The highest BCUT2D eigenvalue weighted by Gasteiger charge is 2.12. The lowest BCUT2D eigenvalue weighted by Gasteiger charge is -2.06. The van der Waals surface area contributed by atoms with E-state index in [1.165, 1.54) is 12.4 Å². The van der Waals surface area contributed by atoms with Crippen LogP contribution in [0.1, 0.15) is 10.4 Å². The highest BCUT2D eigenvalue weighted by molar-refractivity contribution is 7.09. The van der Waals surface area contributed by atoms with Crippen LogP contribution >= 0.6 is 11.5 Å². The zero-order chi connectivity index (χ0) is 11.4. The Balaban J connectivity index is 2.21. The maximum Gasteiger partial charge on any atom is 0.261 e. The number of amides is 1. The van der Waals surface area contributed by atoms with Gasteiger partial charge in [-0.25, -0.2) is 0 Å². The molecule has 0 bridgehead atoms. The summed E-state index contributed by atoms with van der Waals surface area (Å²) in [5, 5.41) is 9.79. The number of carbonyl (C=O) groups excluding carboxylic acids is 1. The van der Waals surface area contributed by atoms with E-state index < -0.39 is 0 Å². The van der Waals surface area contributed by atoms with Crippen molar-refractivity contribution in [3.8, 4) is 0 Å². The molecule has 9 heteroatoms. The molecule has 0 aliphatic carbocycles. The number of pyridine rings is 1. The minimum atomic E-state index is -0.375. The molecule has 1 amide bonds. The highest BCUT2D eigenvalue weighted by atomic mass is 32.1. The number of nitrogen functional groups attached to an aromatic ring is 1. The predicted octanol–water partition coefficient (Wildman–Crippen LogP) is -0.134. The Morgan fingerprint density at radius 3 is 3.06 bits per heavy atom. The molecule has 0 aromatic carbocycles. The number of aromatic nitrogens is 4. The van der Waals surface area contributed by atoms with Gasteiger partial charge in [-0.1, -0.05) is 9.59 Å². The fourth-order valence-corrected chi connectivity index (χ4v) is 1.41. The fraction of sp³-hybridized carbons (Fsp3) is 0. The van der Waals surface area contributed by atoms with Gasteiger partial charge in [-0.05, 0) is 11.3 Å². The van der Waals surface area contributed by atoms with Crippen LogP contribution in [0.15, 0.2) is 18.5 Å². The summed E-state index contributed by atoms with van der Waals surface area (Å²) in [6.07, 6.45) is 2.93. The summed E-state index contributed by atoms with van der Waals surface area (Å²) in [5.41, 5.74) is 3.20. The first kappa shape index (κ1) is 10.4. The van der Waals surface area contributed by atoms with Crippen LogP contribution in [0.4, 0.5) is 10.8 Å². The molecule has 2 aromatic rings. The van der Waals surface area contributed by atoms with E-state index in [4.69, 9.17) is 5.84 Å². The second-order valence-electron chi connectivity index (χ2n) is 2.69. The molecule has 4 N–H and O–H groups in total. The van der Waals surface area contributed by atoms with Gasteiger partial charge in [-0.2, -0.15) is 0 Å². The molecule has 0 atom stereocenters. The van der Waals surface area contributed by atoms with Crippen molar-refractivity contribution in [2.75, 3.05) is 10.7 Å². The standard InChI is InChI=1S/C7H7N7OS/c8-11-5-1-2-9-3-4(5)6(15)10-7-12-13-14-16-7/h1-3H,8H2,(H,9,11)(H,10,12,14,15). The molecule has 0 radical (unpaired) electrons. The van der Waals surface area contributed by atoms with Crippen LogP contribution in [-0.2, 0) is 0 Å². The Kier molecular flexibility index (Phi) is 2.98. The third kappa shape index (κ3) is 2.10. The Hall–Kier alpha value is -2.13. The zero-order valence-corrected chi connectivity index (χ0v) is 8.73. The van der Waals surface area contributed by atoms with Crippen molar-refractivity contribution in [3.63, 3.8) is 0 Å². The van der Waals surface area contributed by atoms with Crippen molar-refractivity contribution >= 4 is 28.3 Å². The molecule has 0 saturated carbocycles. The zero-order valence-electron chi connectivity index (χ0n) is 7.91. The third-order valence-corrected chi connectivity index (χ3v) is 2.25. The first-order chi connectivity index (χ1) is 7.81. The lowest BCUT2D eigenvalue weighted by atomic mass is 10.2. The van der Waals surface area contributed by atoms with Gasteiger partial charge in [0.1, 0.15) is 0 Å². The van der Waals surface area contributed by atoms with Gasteiger partial charge in [-0.3, -0.25) is 20.9 Å². The number of nitrogens with one attached hydrogen (secondary N) is 2. The number of nitrogens with two attached hydrogens (primary N) is 1. The molecule has 0 fully saturated rings. The summed E-state index contributed by atoms with van der Waals surface area (Å²) in [4.78, 5) is 15.6. The van der Waals surface area contributed by atoms with Crippen molar-refractivity contribution in [2.24, 2.45) is 5.84 Å². The van der Waals surface area contributed by atoms with E-state index >= 15 is 0 Å². The largest absolute Gasteiger partial charge is 0.323 e. The van der Waals surface area contributed by atoms with E-state index in [9.17, 15) is 4.79 Å². The second kappa shape index (κ2) is 4.59. The molecule has 16 heavy (non-hydrogen) atoms. The first-order valence-electron chi connectivity index (χ1n) is 4.18. The second-order valence-corrected chi connectivity index (χ2v) is 3.42. The van der Waals surface area contributed by atoms with Gasteiger partial charge in [0.25, 0.3) is 5.91 Å². The van der Waals surface area contributed by atoms with Crippen LogP contribution in [0.5, 0.6) is 0 Å². The fourth-order valence-electron chi connectivity index (χ4n) is 1.05. The number of hydrogen-bond donors (Lipinski definition) is 3. The van der Waals surface area contributed by atoms with Crippen LogP contribution in [0, 0.1) is 0 Å². The summed E-state index contributed by atoms with van der Waals surface area (Å²) in [7, 11) is 0. The van der Waals surface area contributed by atoms with Crippen LogP contribution < -0.4 is 16.6 Å². The van der Waals surface area contributed by atoms with Crippen LogP contribution in [-0.4, -0.2) is 25.7 Å². The van der Waals surface area contributed by atoms with Crippen molar-refractivity contribution in [1.29, 1.82) is 0 Å². The highest BCUT2D eigenvalue weighted by Crippen LogP contribution is 2.14. The first-order valence-corrected chi connectivity index (χ1v) is 4.95. The topological polar surface area (TPSA) is 119 Å². The smallest absolute Gasteiger partial charge is 0.261 e. The molecule has 2 rings (SSSR count). The quantitative estimate of drug-likeness (QED) is 0.502. The number of hydrogen-bond acceptors (Lipinski definition) is 8. The van der Waals surface area contributed by atoms with Gasteiger partial charge in [0.2, 0.25) is 5.13 Å². The third-order valence-electron chi connectivity index (χ3n) is 1.74. The van der Waals surface area contributed by atoms with Gasteiger partial charge in [0.05, 0.1) is 11.3 Å². The monoisotopic (exact) mass is 237 g/mol. The Labute approximate surface area is 94.0 Å². The van der Waals surface area contributed by atoms with E-state index in [1.54, 1.807) is 6.07 Å². The average molecular weight is 237 g/mol. The molecule has 2 heterocycles. The van der Waals surface area contributed by atoms with Gasteiger partial charge in [-0.15, -0.1) is 0 Å². The lowest BCUT2D eigenvalue weighted by molar-refractivity contribution is 0.102. The summed E-state index contributed by atoms with van der Waals surface area (Å²) in [6, 6.07) is 1.59. The number of anilines is 2. The van der Waals surface area contributed by atoms with Crippen LogP contribution in [0.2, 0.25) is 0 Å². The van der Waals surface area contributed by atoms with E-state index in [-0.39, 0.29) is 5.91 Å². The van der Waals surface area contributed by atoms with Gasteiger partial charge in [0, 0.05) is 23.9 Å². The molecule has 0 aliphatic rings. The maximum atomic E-state index is 11.8. The minimum Gasteiger partial charge on any atom is -0.323 e. The average Bonchev–Trinajstić information content (AvgIpc) is 2.81. The summed E-state index contributed by atoms with van der Waals surface area (Å²) in [6.45, 7) is 0. The molecular formula is C7H7N7OS. The van der Waals surface area contributed by atoms with Crippen molar-refractivity contribution in [1.82, 2.24) is 19.8 Å². The van der Waals surface area contributed by atoms with Gasteiger partial charge < -0.3 is 5.43 Å². The summed E-state index contributed by atoms with van der Waals surface area (Å²) < 4.78 is 3.52.